The van der Waals surface area contributed by atoms with Gasteiger partial charge in [-0.1, -0.05) is 78.2 Å². The van der Waals surface area contributed by atoms with Crippen LogP contribution in [0.3, 0.4) is 0 Å². The molecule has 4 aromatic rings. The van der Waals surface area contributed by atoms with Gasteiger partial charge in [0.15, 0.2) is 0 Å². The van der Waals surface area contributed by atoms with E-state index < -0.39 is 10.0 Å². The molecule has 0 amide bonds. The standard InChI is InChI=1S/C28H23NO2S2/c1-23-14-18-28(19-15-23)33(30,31)29(22-25-11-6-3-7-12-25)26(21-27-13-8-20-32-27)17-16-24-9-4-2-5-10-24/h2-15,18-21H,22H2,1H3/b26-21+. The monoisotopic (exact) mass is 469 g/mol. The molecular weight excluding hydrogens is 446 g/mol. The second kappa shape index (κ2) is 10.4. The lowest BCUT2D eigenvalue weighted by atomic mass is 10.2. The molecule has 0 fully saturated rings. The Hall–Kier alpha value is -3.59. The number of allylic oxidation sites excluding steroid dienone is 1. The fourth-order valence-corrected chi connectivity index (χ4v) is 5.28. The quantitative estimate of drug-likeness (QED) is 0.309. The Morgan fingerprint density at radius 3 is 2.18 bits per heavy atom. The molecule has 0 N–H and O–H groups in total. The maximum Gasteiger partial charge on any atom is 0.265 e. The molecule has 0 aliphatic heterocycles. The number of hydrogen-bond acceptors (Lipinski definition) is 3. The van der Waals surface area contributed by atoms with Crippen LogP contribution in [-0.2, 0) is 16.6 Å². The SMILES string of the molecule is Cc1ccc(S(=O)(=O)N(Cc2ccccc2)/C(C#Cc2ccccc2)=C/c2cccs2)cc1. The zero-order chi connectivity index (χ0) is 23.1. The first-order chi connectivity index (χ1) is 16.0. The summed E-state index contributed by atoms with van der Waals surface area (Å²) in [5.74, 6) is 6.28. The Balaban J connectivity index is 1.85. The largest absolute Gasteiger partial charge is 0.265 e. The molecule has 0 saturated heterocycles. The average Bonchev–Trinajstić information content (AvgIpc) is 3.35. The van der Waals surface area contributed by atoms with Crippen molar-refractivity contribution in [3.8, 4) is 11.8 Å². The Labute approximate surface area is 199 Å². The van der Waals surface area contributed by atoms with E-state index in [4.69, 9.17) is 0 Å². The van der Waals surface area contributed by atoms with Crippen LogP contribution in [0.5, 0.6) is 0 Å². The lowest BCUT2D eigenvalue weighted by Crippen LogP contribution is -2.29. The van der Waals surface area contributed by atoms with Crippen molar-refractivity contribution in [1.29, 1.82) is 0 Å². The van der Waals surface area contributed by atoms with Crippen LogP contribution in [0.15, 0.2) is 113 Å². The number of benzene rings is 3. The van der Waals surface area contributed by atoms with Crippen LogP contribution in [0.25, 0.3) is 6.08 Å². The highest BCUT2D eigenvalue weighted by molar-refractivity contribution is 7.89. The first-order valence-electron chi connectivity index (χ1n) is 10.5. The Morgan fingerprint density at radius 1 is 0.879 bits per heavy atom. The summed E-state index contributed by atoms with van der Waals surface area (Å²) in [6, 6.07) is 30.0. The second-order valence-corrected chi connectivity index (χ2v) is 10.3. The minimum absolute atomic E-state index is 0.178. The van der Waals surface area contributed by atoms with Gasteiger partial charge in [0.25, 0.3) is 10.0 Å². The molecule has 0 unspecified atom stereocenters. The molecule has 164 valence electrons. The van der Waals surface area contributed by atoms with E-state index in [-0.39, 0.29) is 11.4 Å². The van der Waals surface area contributed by atoms with E-state index in [1.807, 2.05) is 103 Å². The van der Waals surface area contributed by atoms with Crippen LogP contribution in [0.2, 0.25) is 0 Å². The number of rotatable bonds is 6. The van der Waals surface area contributed by atoms with Crippen LogP contribution in [0, 0.1) is 18.8 Å². The number of aryl methyl sites for hydroxylation is 1. The molecule has 0 bridgehead atoms. The fraction of sp³-hybridized carbons (Fsp3) is 0.0714. The molecule has 1 heterocycles. The highest BCUT2D eigenvalue weighted by Gasteiger charge is 2.26. The highest BCUT2D eigenvalue weighted by atomic mass is 32.2. The lowest BCUT2D eigenvalue weighted by Gasteiger charge is -2.24. The van der Waals surface area contributed by atoms with Crippen LogP contribution in [0.1, 0.15) is 21.6 Å². The van der Waals surface area contributed by atoms with E-state index in [9.17, 15) is 8.42 Å². The van der Waals surface area contributed by atoms with Gasteiger partial charge in [-0.15, -0.1) is 11.3 Å². The van der Waals surface area contributed by atoms with Gasteiger partial charge in [0.2, 0.25) is 0 Å². The summed E-state index contributed by atoms with van der Waals surface area (Å²) in [6.07, 6.45) is 1.84. The predicted octanol–water partition coefficient (Wildman–Crippen LogP) is 6.34. The minimum Gasteiger partial charge on any atom is -0.254 e. The molecule has 4 rings (SSSR count). The van der Waals surface area contributed by atoms with E-state index in [2.05, 4.69) is 11.8 Å². The van der Waals surface area contributed by atoms with Gasteiger partial charge in [-0.25, -0.2) is 8.42 Å². The second-order valence-electron chi connectivity index (χ2n) is 7.47. The average molecular weight is 470 g/mol. The number of thiophene rings is 1. The topological polar surface area (TPSA) is 37.4 Å². The zero-order valence-electron chi connectivity index (χ0n) is 18.2. The molecule has 0 saturated carbocycles. The molecule has 0 aliphatic rings. The third kappa shape index (κ3) is 5.81. The smallest absolute Gasteiger partial charge is 0.254 e. The van der Waals surface area contributed by atoms with Gasteiger partial charge in [0.1, 0.15) is 5.70 Å². The highest BCUT2D eigenvalue weighted by Crippen LogP contribution is 2.26. The van der Waals surface area contributed by atoms with Crippen molar-refractivity contribution in [2.45, 2.75) is 18.4 Å². The Morgan fingerprint density at radius 2 is 1.55 bits per heavy atom. The van der Waals surface area contributed by atoms with E-state index in [1.54, 1.807) is 12.1 Å². The van der Waals surface area contributed by atoms with Crippen molar-refractivity contribution in [2.24, 2.45) is 0 Å². The Bertz CT molecular complexity index is 1380. The summed E-state index contributed by atoms with van der Waals surface area (Å²) in [5, 5.41) is 1.96. The summed E-state index contributed by atoms with van der Waals surface area (Å²) < 4.78 is 29.1. The van der Waals surface area contributed by atoms with Gasteiger partial charge < -0.3 is 0 Å². The van der Waals surface area contributed by atoms with Gasteiger partial charge in [0.05, 0.1) is 11.4 Å². The molecular formula is C28H23NO2S2. The van der Waals surface area contributed by atoms with Crippen molar-refractivity contribution >= 4 is 27.4 Å². The molecule has 0 aliphatic carbocycles. The Kier molecular flexibility index (Phi) is 7.09. The third-order valence-corrected chi connectivity index (χ3v) is 7.57. The van der Waals surface area contributed by atoms with Gasteiger partial charge in [-0.05, 0) is 60.2 Å². The normalized spacial score (nSPS) is 11.5. The van der Waals surface area contributed by atoms with E-state index in [0.29, 0.717) is 5.70 Å². The molecule has 5 heteroatoms. The molecule has 0 radical (unpaired) electrons. The van der Waals surface area contributed by atoms with Gasteiger partial charge in [-0.2, -0.15) is 0 Å². The van der Waals surface area contributed by atoms with E-state index in [1.165, 1.54) is 15.6 Å². The van der Waals surface area contributed by atoms with Crippen molar-refractivity contribution < 1.29 is 8.42 Å². The first-order valence-corrected chi connectivity index (χ1v) is 12.8. The molecule has 33 heavy (non-hydrogen) atoms. The van der Waals surface area contributed by atoms with Crippen LogP contribution in [-0.4, -0.2) is 12.7 Å². The van der Waals surface area contributed by atoms with Crippen molar-refractivity contribution in [3.63, 3.8) is 0 Å². The lowest BCUT2D eigenvalue weighted by molar-refractivity contribution is 0.484. The van der Waals surface area contributed by atoms with Crippen molar-refractivity contribution in [1.82, 2.24) is 4.31 Å². The number of sulfonamides is 1. The van der Waals surface area contributed by atoms with Gasteiger partial charge >= 0.3 is 0 Å². The predicted molar refractivity (Wildman–Crippen MR) is 136 cm³/mol. The summed E-state index contributed by atoms with van der Waals surface area (Å²) in [6.45, 7) is 2.11. The van der Waals surface area contributed by atoms with E-state index >= 15 is 0 Å². The minimum atomic E-state index is -3.86. The van der Waals surface area contributed by atoms with Gasteiger partial charge in [0, 0.05) is 10.4 Å². The maximum absolute atomic E-state index is 13.9. The van der Waals surface area contributed by atoms with Gasteiger partial charge in [-0.3, -0.25) is 4.31 Å². The molecule has 0 spiro atoms. The van der Waals surface area contributed by atoms with Crippen molar-refractivity contribution in [3.05, 3.63) is 130 Å². The first kappa shape index (κ1) is 22.6. The third-order valence-electron chi connectivity index (χ3n) is 4.98. The number of hydrogen-bond donors (Lipinski definition) is 0. The zero-order valence-corrected chi connectivity index (χ0v) is 19.8. The summed E-state index contributed by atoms with van der Waals surface area (Å²) >= 11 is 1.54. The summed E-state index contributed by atoms with van der Waals surface area (Å²) in [4.78, 5) is 1.17. The number of nitrogens with zero attached hydrogens (tertiary/aromatic N) is 1. The summed E-state index contributed by atoms with van der Waals surface area (Å²) in [5.41, 5.74) is 3.13. The maximum atomic E-state index is 13.9. The van der Waals surface area contributed by atoms with E-state index in [0.717, 1.165) is 21.6 Å². The van der Waals surface area contributed by atoms with Crippen LogP contribution < -0.4 is 0 Å². The van der Waals surface area contributed by atoms with Crippen molar-refractivity contribution in [2.75, 3.05) is 0 Å². The molecule has 3 nitrogen and oxygen atoms in total. The molecule has 0 atom stereocenters. The van der Waals surface area contributed by atoms with Crippen LogP contribution in [0.4, 0.5) is 0 Å². The van der Waals surface area contributed by atoms with Crippen LogP contribution >= 0.6 is 11.3 Å². The molecule has 3 aromatic carbocycles. The summed E-state index contributed by atoms with van der Waals surface area (Å²) in [7, 11) is -3.86. The molecule has 1 aromatic heterocycles. The fourth-order valence-electron chi connectivity index (χ4n) is 3.22.